The Morgan fingerprint density at radius 2 is 2.32 bits per heavy atom. The fourth-order valence-corrected chi connectivity index (χ4v) is 3.24. The van der Waals surface area contributed by atoms with Gasteiger partial charge in [0.05, 0.1) is 17.4 Å². The molecule has 22 heavy (non-hydrogen) atoms. The van der Waals surface area contributed by atoms with Gasteiger partial charge < -0.3 is 9.42 Å². The molecule has 6 nitrogen and oxygen atoms in total. The zero-order valence-corrected chi connectivity index (χ0v) is 13.1. The third-order valence-corrected chi connectivity index (χ3v) is 4.47. The van der Waals surface area contributed by atoms with Crippen LogP contribution in [-0.4, -0.2) is 32.7 Å². The summed E-state index contributed by atoms with van der Waals surface area (Å²) in [6.45, 7) is 4.64. The largest absolute Gasteiger partial charge is 0.361 e. The zero-order chi connectivity index (χ0) is 15.5. The molecule has 3 rings (SSSR count). The van der Waals surface area contributed by atoms with Gasteiger partial charge in [-0.3, -0.25) is 9.89 Å². The van der Waals surface area contributed by atoms with E-state index in [1.54, 1.807) is 6.20 Å². The standard InChI is InChI=1S/C16H22N4O2/c1-11-13(12(2)22-19-11)6-7-16(21)20-10-4-3-5-15(20)14-8-9-17-18-14/h8-9,15H,3-7,10H2,1-2H3,(H,17,18). The molecule has 0 radical (unpaired) electrons. The van der Waals surface area contributed by atoms with Gasteiger partial charge in [-0.1, -0.05) is 5.16 Å². The van der Waals surface area contributed by atoms with Crippen molar-refractivity contribution in [1.29, 1.82) is 0 Å². The molecule has 1 fully saturated rings. The van der Waals surface area contributed by atoms with E-state index in [-0.39, 0.29) is 11.9 Å². The van der Waals surface area contributed by atoms with Crippen molar-refractivity contribution < 1.29 is 9.32 Å². The highest BCUT2D eigenvalue weighted by atomic mass is 16.5. The maximum atomic E-state index is 12.7. The summed E-state index contributed by atoms with van der Waals surface area (Å²) in [6.07, 6.45) is 6.15. The van der Waals surface area contributed by atoms with Gasteiger partial charge in [0.1, 0.15) is 5.76 Å². The van der Waals surface area contributed by atoms with Gasteiger partial charge in [-0.2, -0.15) is 5.10 Å². The van der Waals surface area contributed by atoms with Crippen molar-refractivity contribution in [3.05, 3.63) is 35.0 Å². The molecule has 1 saturated heterocycles. The minimum Gasteiger partial charge on any atom is -0.361 e. The van der Waals surface area contributed by atoms with Crippen molar-refractivity contribution in [2.45, 2.75) is 52.0 Å². The zero-order valence-electron chi connectivity index (χ0n) is 13.1. The van der Waals surface area contributed by atoms with Crippen LogP contribution < -0.4 is 0 Å². The molecular formula is C16H22N4O2. The molecule has 1 unspecified atom stereocenters. The molecule has 0 aliphatic carbocycles. The number of nitrogens with one attached hydrogen (secondary N) is 1. The lowest BCUT2D eigenvalue weighted by atomic mass is 9.98. The van der Waals surface area contributed by atoms with E-state index in [9.17, 15) is 4.79 Å². The summed E-state index contributed by atoms with van der Waals surface area (Å²) in [4.78, 5) is 14.7. The molecule has 1 amide bonds. The van der Waals surface area contributed by atoms with Gasteiger partial charge in [-0.15, -0.1) is 0 Å². The van der Waals surface area contributed by atoms with Crippen LogP contribution in [-0.2, 0) is 11.2 Å². The molecule has 0 spiro atoms. The Kier molecular flexibility index (Phi) is 4.27. The number of amides is 1. The lowest BCUT2D eigenvalue weighted by Gasteiger charge is -2.35. The van der Waals surface area contributed by atoms with Crippen molar-refractivity contribution in [2.24, 2.45) is 0 Å². The number of aromatic nitrogens is 3. The molecule has 2 aromatic rings. The molecule has 0 aromatic carbocycles. The Hall–Kier alpha value is -2.11. The molecule has 1 N–H and O–H groups in total. The van der Waals surface area contributed by atoms with Gasteiger partial charge >= 0.3 is 0 Å². The third kappa shape index (κ3) is 2.91. The van der Waals surface area contributed by atoms with Crippen LogP contribution in [0.2, 0.25) is 0 Å². The summed E-state index contributed by atoms with van der Waals surface area (Å²) < 4.78 is 5.16. The highest BCUT2D eigenvalue weighted by Crippen LogP contribution is 2.30. The van der Waals surface area contributed by atoms with Crippen LogP contribution >= 0.6 is 0 Å². The number of H-pyrrole nitrogens is 1. The molecule has 2 aromatic heterocycles. The van der Waals surface area contributed by atoms with Crippen LogP contribution in [0.1, 0.15) is 54.4 Å². The second-order valence-electron chi connectivity index (χ2n) is 5.91. The van der Waals surface area contributed by atoms with Gasteiger partial charge in [0.2, 0.25) is 5.91 Å². The van der Waals surface area contributed by atoms with Gasteiger partial charge in [0, 0.05) is 24.7 Å². The second kappa shape index (κ2) is 6.34. The van der Waals surface area contributed by atoms with E-state index in [2.05, 4.69) is 15.4 Å². The summed E-state index contributed by atoms with van der Waals surface area (Å²) in [6, 6.07) is 2.10. The fraction of sp³-hybridized carbons (Fsp3) is 0.562. The molecule has 3 heterocycles. The van der Waals surface area contributed by atoms with Crippen LogP contribution in [0.3, 0.4) is 0 Å². The molecule has 1 atom stereocenters. The number of hydrogen-bond donors (Lipinski definition) is 1. The molecule has 6 heteroatoms. The summed E-state index contributed by atoms with van der Waals surface area (Å²) >= 11 is 0. The van der Waals surface area contributed by atoms with Gasteiger partial charge in [0.15, 0.2) is 0 Å². The van der Waals surface area contributed by atoms with Crippen molar-refractivity contribution >= 4 is 5.91 Å². The lowest BCUT2D eigenvalue weighted by Crippen LogP contribution is -2.38. The smallest absolute Gasteiger partial charge is 0.223 e. The normalized spacial score (nSPS) is 18.6. The van der Waals surface area contributed by atoms with Gasteiger partial charge in [0.25, 0.3) is 0 Å². The van der Waals surface area contributed by atoms with E-state index in [0.29, 0.717) is 12.8 Å². The van der Waals surface area contributed by atoms with Crippen molar-refractivity contribution in [3.8, 4) is 0 Å². The second-order valence-corrected chi connectivity index (χ2v) is 5.91. The fourth-order valence-electron chi connectivity index (χ4n) is 3.24. The Labute approximate surface area is 129 Å². The maximum Gasteiger partial charge on any atom is 0.223 e. The maximum absolute atomic E-state index is 12.7. The monoisotopic (exact) mass is 302 g/mol. The van der Waals surface area contributed by atoms with E-state index in [1.165, 1.54) is 0 Å². The van der Waals surface area contributed by atoms with Crippen LogP contribution in [0, 0.1) is 13.8 Å². The quantitative estimate of drug-likeness (QED) is 0.942. The van der Waals surface area contributed by atoms with E-state index in [4.69, 9.17) is 4.52 Å². The summed E-state index contributed by atoms with van der Waals surface area (Å²) in [5, 5.41) is 11.0. The number of aromatic amines is 1. The van der Waals surface area contributed by atoms with Crippen LogP contribution in [0.5, 0.6) is 0 Å². The van der Waals surface area contributed by atoms with E-state index < -0.39 is 0 Å². The first-order valence-electron chi connectivity index (χ1n) is 7.87. The van der Waals surface area contributed by atoms with Crippen molar-refractivity contribution in [3.63, 3.8) is 0 Å². The number of aryl methyl sites for hydroxylation is 2. The number of rotatable bonds is 4. The Balaban J connectivity index is 1.67. The third-order valence-electron chi connectivity index (χ3n) is 4.47. The van der Waals surface area contributed by atoms with Gasteiger partial charge in [-0.25, -0.2) is 0 Å². The summed E-state index contributed by atoms with van der Waals surface area (Å²) in [5.74, 6) is 1.01. The average Bonchev–Trinajstić information content (AvgIpc) is 3.16. The minimum atomic E-state index is 0.133. The SMILES string of the molecule is Cc1noc(C)c1CCC(=O)N1CCCCC1c1ccn[nH]1. The number of nitrogens with zero attached hydrogens (tertiary/aromatic N) is 3. The Morgan fingerprint density at radius 3 is 3.00 bits per heavy atom. The number of hydrogen-bond acceptors (Lipinski definition) is 4. The first kappa shape index (κ1) is 14.8. The number of carbonyl (C=O) groups is 1. The topological polar surface area (TPSA) is 75.0 Å². The van der Waals surface area contributed by atoms with Gasteiger partial charge in [-0.05, 0) is 45.6 Å². The van der Waals surface area contributed by atoms with E-state index in [1.807, 2.05) is 24.8 Å². The van der Waals surface area contributed by atoms with Crippen LogP contribution in [0.4, 0.5) is 0 Å². The number of piperidine rings is 1. The predicted octanol–water partition coefficient (Wildman–Crippen LogP) is 2.70. The van der Waals surface area contributed by atoms with Crippen molar-refractivity contribution in [2.75, 3.05) is 6.54 Å². The molecule has 1 aliphatic heterocycles. The van der Waals surface area contributed by atoms with E-state index in [0.717, 1.165) is 48.5 Å². The predicted molar refractivity (Wildman–Crippen MR) is 81.2 cm³/mol. The first-order chi connectivity index (χ1) is 10.7. The molecule has 1 aliphatic rings. The molecule has 0 saturated carbocycles. The van der Waals surface area contributed by atoms with E-state index >= 15 is 0 Å². The Bertz CT molecular complexity index is 613. The summed E-state index contributed by atoms with van der Waals surface area (Å²) in [5.41, 5.74) is 2.97. The lowest BCUT2D eigenvalue weighted by molar-refractivity contribution is -0.135. The van der Waals surface area contributed by atoms with Crippen LogP contribution in [0.25, 0.3) is 0 Å². The first-order valence-corrected chi connectivity index (χ1v) is 7.87. The average molecular weight is 302 g/mol. The molecular weight excluding hydrogens is 280 g/mol. The molecule has 118 valence electrons. The molecule has 0 bridgehead atoms. The Morgan fingerprint density at radius 1 is 1.45 bits per heavy atom. The number of likely N-dealkylation sites (tertiary alicyclic amines) is 1. The summed E-state index contributed by atoms with van der Waals surface area (Å²) in [7, 11) is 0. The highest BCUT2D eigenvalue weighted by molar-refractivity contribution is 5.77. The minimum absolute atomic E-state index is 0.133. The number of carbonyl (C=O) groups excluding carboxylic acids is 1. The highest BCUT2D eigenvalue weighted by Gasteiger charge is 2.28. The van der Waals surface area contributed by atoms with Crippen molar-refractivity contribution in [1.82, 2.24) is 20.3 Å². The van der Waals surface area contributed by atoms with Crippen LogP contribution in [0.15, 0.2) is 16.8 Å².